The third kappa shape index (κ3) is 4.89. The maximum atomic E-state index is 13.4. The minimum atomic E-state index is -4.89. The van der Waals surface area contributed by atoms with E-state index in [1.807, 2.05) is 5.32 Å². The molecule has 4 nitrogen and oxygen atoms in total. The summed E-state index contributed by atoms with van der Waals surface area (Å²) in [6.45, 7) is 0. The lowest BCUT2D eigenvalue weighted by Crippen LogP contribution is -2.39. The Hall–Kier alpha value is -2.56. The second-order valence-electron chi connectivity index (χ2n) is 6.16. The maximum Gasteiger partial charge on any atom is 0.416 e. The Labute approximate surface area is 168 Å². The molecule has 0 saturated carbocycles. The molecular weight excluding hydrogens is 468 g/mol. The quantitative estimate of drug-likeness (QED) is 0.530. The van der Waals surface area contributed by atoms with E-state index in [2.05, 4.69) is 20.9 Å². The van der Waals surface area contributed by atoms with Crippen molar-refractivity contribution >= 4 is 27.5 Å². The number of pyridine rings is 1. The van der Waals surface area contributed by atoms with Crippen LogP contribution in [-0.4, -0.2) is 21.5 Å². The highest BCUT2D eigenvalue weighted by atomic mass is 79.9. The van der Waals surface area contributed by atoms with Gasteiger partial charge in [-0.1, -0.05) is 12.1 Å². The molecule has 0 aliphatic heterocycles. The molecule has 29 heavy (non-hydrogen) atoms. The number of nitrogens with zero attached hydrogens (tertiary/aromatic N) is 2. The number of halogens is 7. The monoisotopic (exact) mass is 479 g/mol. The van der Waals surface area contributed by atoms with Crippen molar-refractivity contribution in [3.8, 4) is 0 Å². The van der Waals surface area contributed by atoms with Crippen LogP contribution in [0.25, 0.3) is 5.65 Å². The van der Waals surface area contributed by atoms with E-state index in [9.17, 15) is 31.1 Å². The molecule has 1 atom stereocenters. The van der Waals surface area contributed by atoms with Crippen LogP contribution < -0.4 is 5.32 Å². The summed E-state index contributed by atoms with van der Waals surface area (Å²) in [6.07, 6.45) is -6.99. The Kier molecular flexibility index (Phi) is 5.61. The normalized spacial score (nSPS) is 13.5. The van der Waals surface area contributed by atoms with Crippen LogP contribution in [0.2, 0.25) is 0 Å². The molecule has 1 N–H and O–H groups in total. The molecule has 1 unspecified atom stereocenters. The summed E-state index contributed by atoms with van der Waals surface area (Å²) in [7, 11) is 0. The van der Waals surface area contributed by atoms with Gasteiger partial charge in [-0.3, -0.25) is 4.79 Å². The molecular formula is C18H12BrF6N3O. The van der Waals surface area contributed by atoms with Crippen molar-refractivity contribution in [3.05, 3.63) is 70.1 Å². The van der Waals surface area contributed by atoms with E-state index in [0.717, 1.165) is 0 Å². The fraction of sp³-hybridized carbons (Fsp3) is 0.222. The molecule has 0 bridgehead atoms. The zero-order valence-corrected chi connectivity index (χ0v) is 15.9. The largest absolute Gasteiger partial charge is 0.416 e. The number of fused-ring (bicyclic) bond motifs is 1. The predicted octanol–water partition coefficient (Wildman–Crippen LogP) is 5.08. The number of amides is 1. The predicted molar refractivity (Wildman–Crippen MR) is 95.0 cm³/mol. The molecule has 154 valence electrons. The molecule has 0 fully saturated rings. The number of rotatable bonds is 4. The Morgan fingerprint density at radius 1 is 1.07 bits per heavy atom. The molecule has 2 heterocycles. The van der Waals surface area contributed by atoms with Crippen LogP contribution in [-0.2, 0) is 17.4 Å². The summed E-state index contributed by atoms with van der Waals surface area (Å²) in [5.41, 5.74) is -0.720. The van der Waals surface area contributed by atoms with E-state index in [1.165, 1.54) is 6.20 Å². The van der Waals surface area contributed by atoms with Crippen LogP contribution in [0.3, 0.4) is 0 Å². The van der Waals surface area contributed by atoms with Gasteiger partial charge in [-0.25, -0.2) is 4.98 Å². The summed E-state index contributed by atoms with van der Waals surface area (Å²) < 4.78 is 80.4. The molecule has 0 radical (unpaired) electrons. The van der Waals surface area contributed by atoms with Crippen LogP contribution >= 0.6 is 15.9 Å². The first kappa shape index (κ1) is 21.2. The molecule has 11 heteroatoms. The number of hydrogen-bond acceptors (Lipinski definition) is 2. The Balaban J connectivity index is 1.81. The number of nitrogens with one attached hydrogen (secondary N) is 1. The summed E-state index contributed by atoms with van der Waals surface area (Å²) in [5.74, 6) is -0.950. The van der Waals surface area contributed by atoms with Gasteiger partial charge in [0, 0.05) is 16.9 Å². The van der Waals surface area contributed by atoms with Gasteiger partial charge in [0.15, 0.2) is 6.04 Å². The summed E-state index contributed by atoms with van der Waals surface area (Å²) in [4.78, 5) is 16.3. The Morgan fingerprint density at radius 2 is 1.72 bits per heavy atom. The zero-order chi connectivity index (χ0) is 21.4. The first-order chi connectivity index (χ1) is 13.4. The van der Waals surface area contributed by atoms with E-state index in [-0.39, 0.29) is 0 Å². The number of aromatic nitrogens is 2. The third-order valence-corrected chi connectivity index (χ3v) is 4.56. The topological polar surface area (TPSA) is 46.4 Å². The average Bonchev–Trinajstić information content (AvgIpc) is 3.00. The van der Waals surface area contributed by atoms with E-state index >= 15 is 0 Å². The van der Waals surface area contributed by atoms with E-state index in [0.29, 0.717) is 40.1 Å². The SMILES string of the molecule is O=C(Cc1cnc2ccc(Br)cn12)NC(c1ccc(C(F)(F)F)cc1)C(F)(F)F. The van der Waals surface area contributed by atoms with E-state index in [1.54, 1.807) is 22.7 Å². The van der Waals surface area contributed by atoms with Crippen molar-refractivity contribution in [2.24, 2.45) is 0 Å². The smallest absolute Gasteiger partial charge is 0.340 e. The first-order valence-corrected chi connectivity index (χ1v) is 8.89. The minimum Gasteiger partial charge on any atom is -0.340 e. The van der Waals surface area contributed by atoms with Crippen molar-refractivity contribution in [1.82, 2.24) is 14.7 Å². The summed E-state index contributed by atoms with van der Waals surface area (Å²) >= 11 is 3.26. The molecule has 0 aliphatic rings. The molecule has 0 spiro atoms. The highest BCUT2D eigenvalue weighted by Crippen LogP contribution is 2.35. The fourth-order valence-electron chi connectivity index (χ4n) is 2.73. The maximum absolute atomic E-state index is 13.4. The number of carbonyl (C=O) groups is 1. The molecule has 1 aromatic carbocycles. The van der Waals surface area contributed by atoms with Crippen molar-refractivity contribution in [1.29, 1.82) is 0 Å². The standard InChI is InChI=1S/C18H12BrF6N3O/c19-12-5-6-14-26-8-13(28(14)9-12)7-15(29)27-16(18(23,24)25)10-1-3-11(4-2-10)17(20,21)22/h1-6,8-9,16H,7H2,(H,27,29). The lowest BCUT2D eigenvalue weighted by Gasteiger charge is -2.22. The summed E-state index contributed by atoms with van der Waals surface area (Å²) in [5, 5.41) is 1.85. The molecule has 0 saturated heterocycles. The van der Waals surface area contributed by atoms with Crippen molar-refractivity contribution in [2.45, 2.75) is 24.8 Å². The van der Waals surface area contributed by atoms with E-state index < -0.39 is 41.8 Å². The number of benzene rings is 1. The van der Waals surface area contributed by atoms with Crippen LogP contribution in [0.1, 0.15) is 22.9 Å². The number of imidazole rings is 1. The second-order valence-corrected chi connectivity index (χ2v) is 7.08. The lowest BCUT2D eigenvalue weighted by atomic mass is 10.0. The highest BCUT2D eigenvalue weighted by molar-refractivity contribution is 9.10. The summed E-state index contributed by atoms with van der Waals surface area (Å²) in [6, 6.07) is 3.43. The van der Waals surface area contributed by atoms with Crippen molar-refractivity contribution in [2.75, 3.05) is 0 Å². The van der Waals surface area contributed by atoms with Crippen molar-refractivity contribution < 1.29 is 31.1 Å². The highest BCUT2D eigenvalue weighted by Gasteiger charge is 2.42. The Bertz CT molecular complexity index is 1030. The first-order valence-electron chi connectivity index (χ1n) is 8.10. The molecule has 0 aliphatic carbocycles. The Morgan fingerprint density at radius 3 is 2.31 bits per heavy atom. The van der Waals surface area contributed by atoms with Gasteiger partial charge in [0.2, 0.25) is 5.91 Å². The van der Waals surface area contributed by atoms with Gasteiger partial charge >= 0.3 is 12.4 Å². The third-order valence-electron chi connectivity index (χ3n) is 4.09. The van der Waals surface area contributed by atoms with Gasteiger partial charge in [-0.05, 0) is 45.8 Å². The van der Waals surface area contributed by atoms with Gasteiger partial charge in [-0.2, -0.15) is 26.3 Å². The van der Waals surface area contributed by atoms with Crippen LogP contribution in [0, 0.1) is 0 Å². The number of carbonyl (C=O) groups excluding carboxylic acids is 1. The van der Waals surface area contributed by atoms with Gasteiger partial charge in [0.05, 0.1) is 17.7 Å². The molecule has 1 amide bonds. The van der Waals surface area contributed by atoms with E-state index in [4.69, 9.17) is 0 Å². The van der Waals surface area contributed by atoms with Crippen LogP contribution in [0.5, 0.6) is 0 Å². The molecule has 2 aromatic heterocycles. The molecule has 3 rings (SSSR count). The lowest BCUT2D eigenvalue weighted by molar-refractivity contribution is -0.163. The van der Waals surface area contributed by atoms with Crippen molar-refractivity contribution in [3.63, 3.8) is 0 Å². The zero-order valence-electron chi connectivity index (χ0n) is 14.4. The average molecular weight is 480 g/mol. The van der Waals surface area contributed by atoms with Gasteiger partial charge in [0.1, 0.15) is 5.65 Å². The van der Waals surface area contributed by atoms with Gasteiger partial charge in [-0.15, -0.1) is 0 Å². The number of hydrogen-bond donors (Lipinski definition) is 1. The fourth-order valence-corrected chi connectivity index (χ4v) is 3.07. The van der Waals surface area contributed by atoms with Crippen LogP contribution in [0.4, 0.5) is 26.3 Å². The van der Waals surface area contributed by atoms with Gasteiger partial charge in [0.25, 0.3) is 0 Å². The number of alkyl halides is 6. The second kappa shape index (κ2) is 7.69. The van der Waals surface area contributed by atoms with Crippen LogP contribution in [0.15, 0.2) is 53.3 Å². The minimum absolute atomic E-state index is 0.354. The van der Waals surface area contributed by atoms with Gasteiger partial charge < -0.3 is 9.72 Å². The molecule has 3 aromatic rings.